The summed E-state index contributed by atoms with van der Waals surface area (Å²) in [7, 11) is 0. The topological polar surface area (TPSA) is 18.5 Å². The fourth-order valence-corrected chi connectivity index (χ4v) is 3.23. The van der Waals surface area contributed by atoms with E-state index in [0.717, 1.165) is 26.2 Å². The second kappa shape index (κ2) is 8.08. The maximum absolute atomic E-state index is 13.7. The maximum atomic E-state index is 13.7. The first kappa shape index (κ1) is 18.0. The first-order chi connectivity index (χ1) is 12.0. The van der Waals surface area contributed by atoms with E-state index in [0.29, 0.717) is 22.9 Å². The number of rotatable bonds is 3. The fraction of sp³-hybridized carbons (Fsp3) is 0.278. The van der Waals surface area contributed by atoms with Crippen molar-refractivity contribution in [2.45, 2.75) is 6.54 Å². The zero-order valence-electron chi connectivity index (χ0n) is 13.5. The quantitative estimate of drug-likeness (QED) is 0.805. The predicted molar refractivity (Wildman–Crippen MR) is 101 cm³/mol. The van der Waals surface area contributed by atoms with Gasteiger partial charge in [0.05, 0.1) is 5.02 Å². The van der Waals surface area contributed by atoms with Gasteiger partial charge in [-0.2, -0.15) is 0 Å². The van der Waals surface area contributed by atoms with Crippen molar-refractivity contribution in [3.63, 3.8) is 0 Å². The van der Waals surface area contributed by atoms with E-state index in [4.69, 9.17) is 23.8 Å². The van der Waals surface area contributed by atoms with Crippen molar-refractivity contribution in [2.75, 3.05) is 31.5 Å². The van der Waals surface area contributed by atoms with Crippen LogP contribution in [-0.4, -0.2) is 41.1 Å². The molecule has 25 heavy (non-hydrogen) atoms. The Morgan fingerprint density at radius 3 is 2.44 bits per heavy atom. The lowest BCUT2D eigenvalue weighted by molar-refractivity contribution is 0.175. The molecule has 1 aliphatic rings. The predicted octanol–water partition coefficient (Wildman–Crippen LogP) is 4.13. The molecule has 0 aromatic heterocycles. The van der Waals surface area contributed by atoms with E-state index >= 15 is 0 Å². The van der Waals surface area contributed by atoms with Crippen LogP contribution in [0.4, 0.5) is 14.5 Å². The molecule has 2 aromatic carbocycles. The van der Waals surface area contributed by atoms with Gasteiger partial charge in [-0.3, -0.25) is 4.90 Å². The highest BCUT2D eigenvalue weighted by atomic mass is 35.5. The summed E-state index contributed by atoms with van der Waals surface area (Å²) < 4.78 is 27.0. The van der Waals surface area contributed by atoms with Crippen molar-refractivity contribution in [2.24, 2.45) is 0 Å². The van der Waals surface area contributed by atoms with Crippen LogP contribution < -0.4 is 5.32 Å². The van der Waals surface area contributed by atoms with Crippen LogP contribution in [0.3, 0.4) is 0 Å². The first-order valence-corrected chi connectivity index (χ1v) is 8.78. The Morgan fingerprint density at radius 1 is 1.04 bits per heavy atom. The minimum Gasteiger partial charge on any atom is -0.346 e. The summed E-state index contributed by atoms with van der Waals surface area (Å²) in [6.45, 7) is 3.67. The molecule has 3 rings (SSSR count). The largest absolute Gasteiger partial charge is 0.346 e. The first-order valence-electron chi connectivity index (χ1n) is 7.99. The van der Waals surface area contributed by atoms with Gasteiger partial charge in [-0.05, 0) is 36.5 Å². The summed E-state index contributed by atoms with van der Waals surface area (Å²) >= 11 is 11.2. The number of nitrogens with zero attached hydrogens (tertiary/aromatic N) is 2. The van der Waals surface area contributed by atoms with Crippen LogP contribution in [0, 0.1) is 11.6 Å². The van der Waals surface area contributed by atoms with Gasteiger partial charge in [0.25, 0.3) is 0 Å². The van der Waals surface area contributed by atoms with Gasteiger partial charge in [-0.1, -0.05) is 29.8 Å². The van der Waals surface area contributed by atoms with Crippen LogP contribution in [0.5, 0.6) is 0 Å². The van der Waals surface area contributed by atoms with E-state index < -0.39 is 5.82 Å². The van der Waals surface area contributed by atoms with Crippen LogP contribution in [0.2, 0.25) is 5.02 Å². The lowest BCUT2D eigenvalue weighted by Crippen LogP contribution is -2.49. The van der Waals surface area contributed by atoms with Gasteiger partial charge in [0.1, 0.15) is 11.6 Å². The summed E-state index contributed by atoms with van der Waals surface area (Å²) in [6, 6.07) is 11.3. The van der Waals surface area contributed by atoms with Gasteiger partial charge in [-0.25, -0.2) is 8.78 Å². The summed E-state index contributed by atoms with van der Waals surface area (Å²) in [5.41, 5.74) is 1.36. The molecular weight excluding hydrogens is 364 g/mol. The number of halogens is 3. The summed E-state index contributed by atoms with van der Waals surface area (Å²) in [6.07, 6.45) is 0. The molecule has 1 heterocycles. The molecule has 1 fully saturated rings. The van der Waals surface area contributed by atoms with Crippen LogP contribution in [-0.2, 0) is 6.54 Å². The van der Waals surface area contributed by atoms with E-state index in [-0.39, 0.29) is 10.8 Å². The highest BCUT2D eigenvalue weighted by molar-refractivity contribution is 7.80. The van der Waals surface area contributed by atoms with Gasteiger partial charge in [0, 0.05) is 44.0 Å². The molecule has 0 amide bonds. The molecule has 0 aliphatic carbocycles. The molecule has 0 atom stereocenters. The molecule has 132 valence electrons. The van der Waals surface area contributed by atoms with Crippen molar-refractivity contribution >= 4 is 34.6 Å². The Hall–Kier alpha value is -1.76. The fourth-order valence-electron chi connectivity index (χ4n) is 2.75. The molecule has 0 spiro atoms. The highest BCUT2D eigenvalue weighted by Crippen LogP contribution is 2.20. The molecular formula is C18H18ClF2N3S. The summed E-state index contributed by atoms with van der Waals surface area (Å²) in [4.78, 5) is 4.25. The van der Waals surface area contributed by atoms with E-state index in [1.54, 1.807) is 12.1 Å². The van der Waals surface area contributed by atoms with Gasteiger partial charge in [0.2, 0.25) is 0 Å². The Balaban J connectivity index is 1.52. The molecule has 1 saturated heterocycles. The van der Waals surface area contributed by atoms with Gasteiger partial charge in [0.15, 0.2) is 5.11 Å². The number of nitrogens with one attached hydrogen (secondary N) is 1. The Bertz CT molecular complexity index is 764. The van der Waals surface area contributed by atoms with Crippen molar-refractivity contribution < 1.29 is 8.78 Å². The lowest BCUT2D eigenvalue weighted by Gasteiger charge is -2.36. The molecule has 2 aromatic rings. The number of anilines is 1. The molecule has 1 aliphatic heterocycles. The molecule has 0 radical (unpaired) electrons. The Kier molecular flexibility index (Phi) is 5.83. The smallest absolute Gasteiger partial charge is 0.173 e. The molecule has 0 bridgehead atoms. The number of piperazine rings is 1. The molecule has 0 saturated carbocycles. The van der Waals surface area contributed by atoms with Crippen molar-refractivity contribution in [3.05, 3.63) is 64.7 Å². The second-order valence-electron chi connectivity index (χ2n) is 5.91. The van der Waals surface area contributed by atoms with Crippen molar-refractivity contribution in [1.82, 2.24) is 9.80 Å². The highest BCUT2D eigenvalue weighted by Gasteiger charge is 2.20. The molecule has 3 nitrogen and oxygen atoms in total. The third-order valence-electron chi connectivity index (χ3n) is 4.18. The average Bonchev–Trinajstić information content (AvgIpc) is 2.61. The molecule has 1 N–H and O–H groups in total. The zero-order chi connectivity index (χ0) is 17.8. The third-order valence-corrected chi connectivity index (χ3v) is 4.83. The Morgan fingerprint density at radius 2 is 1.76 bits per heavy atom. The minimum atomic E-state index is -0.458. The van der Waals surface area contributed by atoms with E-state index in [1.165, 1.54) is 18.2 Å². The van der Waals surface area contributed by atoms with Crippen LogP contribution in [0.15, 0.2) is 42.5 Å². The van der Waals surface area contributed by atoms with Crippen molar-refractivity contribution in [3.8, 4) is 0 Å². The number of hydrogen-bond acceptors (Lipinski definition) is 2. The van der Waals surface area contributed by atoms with Gasteiger partial charge >= 0.3 is 0 Å². The molecule has 7 heteroatoms. The lowest BCUT2D eigenvalue weighted by atomic mass is 10.2. The minimum absolute atomic E-state index is 0.0579. The zero-order valence-corrected chi connectivity index (χ0v) is 15.1. The van der Waals surface area contributed by atoms with Crippen LogP contribution >= 0.6 is 23.8 Å². The SMILES string of the molecule is Fc1ccc(NC(=S)N2CCN(Cc3ccccc3F)CC2)cc1Cl. The van der Waals surface area contributed by atoms with Gasteiger partial charge < -0.3 is 10.2 Å². The summed E-state index contributed by atoms with van der Waals surface area (Å²) in [5, 5.41) is 3.72. The number of hydrogen-bond donors (Lipinski definition) is 1. The van der Waals surface area contributed by atoms with Crippen LogP contribution in [0.25, 0.3) is 0 Å². The summed E-state index contributed by atoms with van der Waals surface area (Å²) in [5.74, 6) is -0.629. The van der Waals surface area contributed by atoms with Crippen molar-refractivity contribution in [1.29, 1.82) is 0 Å². The van der Waals surface area contributed by atoms with E-state index in [2.05, 4.69) is 10.2 Å². The second-order valence-corrected chi connectivity index (χ2v) is 6.71. The monoisotopic (exact) mass is 381 g/mol. The third kappa shape index (κ3) is 4.66. The number of thiocarbonyl (C=S) groups is 1. The standard InChI is InChI=1S/C18H18ClF2N3S/c19-15-11-14(5-6-17(15)21)22-18(25)24-9-7-23(8-10-24)12-13-3-1-2-4-16(13)20/h1-6,11H,7-10,12H2,(H,22,25). The van der Waals surface area contributed by atoms with Gasteiger partial charge in [-0.15, -0.1) is 0 Å². The maximum Gasteiger partial charge on any atom is 0.173 e. The molecule has 0 unspecified atom stereocenters. The Labute approximate surface area is 156 Å². The van der Waals surface area contributed by atoms with Crippen LogP contribution in [0.1, 0.15) is 5.56 Å². The van der Waals surface area contributed by atoms with E-state index in [9.17, 15) is 8.78 Å². The van der Waals surface area contributed by atoms with E-state index in [1.807, 2.05) is 17.0 Å². The normalized spacial score (nSPS) is 15.2. The average molecular weight is 382 g/mol. The number of benzene rings is 2.